The van der Waals surface area contributed by atoms with Crippen LogP contribution in [0.25, 0.3) is 5.65 Å². The molecule has 3 aromatic rings. The Hall–Kier alpha value is -2.93. The van der Waals surface area contributed by atoms with Crippen LogP contribution in [0.5, 0.6) is 0 Å². The highest BCUT2D eigenvalue weighted by Crippen LogP contribution is 2.36. The third kappa shape index (κ3) is 3.90. The third-order valence-corrected chi connectivity index (χ3v) is 6.25. The Balaban J connectivity index is 0.00000112. The van der Waals surface area contributed by atoms with Gasteiger partial charge in [0, 0.05) is 31.6 Å². The second kappa shape index (κ2) is 8.30. The number of aryl methyl sites for hydroxylation is 1. The van der Waals surface area contributed by atoms with Crippen molar-refractivity contribution in [2.45, 2.75) is 45.6 Å². The summed E-state index contributed by atoms with van der Waals surface area (Å²) in [4.78, 5) is 20.9. The lowest BCUT2D eigenvalue weighted by Crippen LogP contribution is -2.53. The van der Waals surface area contributed by atoms with Crippen molar-refractivity contribution in [1.29, 1.82) is 0 Å². The molecule has 7 nitrogen and oxygen atoms in total. The fourth-order valence-corrected chi connectivity index (χ4v) is 4.41. The van der Waals surface area contributed by atoms with Crippen molar-refractivity contribution < 1.29 is 9.90 Å². The normalized spacial score (nSPS) is 21.1. The second-order valence-electron chi connectivity index (χ2n) is 8.55. The lowest BCUT2D eigenvalue weighted by Gasteiger charge is -2.34. The lowest BCUT2D eigenvalue weighted by atomic mass is 9.82. The van der Waals surface area contributed by atoms with Crippen LogP contribution in [-0.4, -0.2) is 62.8 Å². The number of benzene rings is 1. The number of fused-ring (bicyclic) bond motifs is 1. The van der Waals surface area contributed by atoms with Gasteiger partial charge in [-0.3, -0.25) is 4.79 Å². The first kappa shape index (κ1) is 21.3. The first-order valence-electron chi connectivity index (χ1n) is 11.1. The highest BCUT2D eigenvalue weighted by atomic mass is 16.3. The van der Waals surface area contributed by atoms with Crippen molar-refractivity contribution >= 4 is 17.2 Å². The number of hydrogen-bond donors (Lipinski definition) is 1. The van der Waals surface area contributed by atoms with Gasteiger partial charge in [0.1, 0.15) is 0 Å². The molecule has 0 saturated carbocycles. The number of pyridine rings is 1. The largest absolute Gasteiger partial charge is 0.389 e. The number of aliphatic hydroxyl groups excluding tert-OH is 1. The number of rotatable bonds is 3. The number of amides is 1. The highest BCUT2D eigenvalue weighted by molar-refractivity contribution is 5.91. The number of likely N-dealkylation sites (tertiary alicyclic amines) is 1. The molecule has 0 bridgehead atoms. The van der Waals surface area contributed by atoms with Gasteiger partial charge < -0.3 is 14.9 Å². The average molecular weight is 422 g/mol. The molecule has 0 radical (unpaired) electrons. The predicted octanol–water partition coefficient (Wildman–Crippen LogP) is 3.05. The Kier molecular flexibility index (Phi) is 5.71. The van der Waals surface area contributed by atoms with Crippen molar-refractivity contribution in [1.82, 2.24) is 19.5 Å². The van der Waals surface area contributed by atoms with Gasteiger partial charge in [0.2, 0.25) is 5.82 Å². The van der Waals surface area contributed by atoms with E-state index in [0.29, 0.717) is 18.7 Å². The number of hydrogen-bond acceptors (Lipinski definition) is 5. The van der Waals surface area contributed by atoms with Gasteiger partial charge in [0.25, 0.3) is 5.91 Å². The van der Waals surface area contributed by atoms with Gasteiger partial charge in [-0.25, -0.2) is 9.50 Å². The van der Waals surface area contributed by atoms with E-state index in [1.807, 2.05) is 27.0 Å². The minimum atomic E-state index is -0.432. The smallest absolute Gasteiger partial charge is 0.293 e. The summed E-state index contributed by atoms with van der Waals surface area (Å²) in [6.07, 6.45) is 2.62. The molecule has 2 fully saturated rings. The molecule has 1 amide bonds. The SMILES string of the molecule is CC.Cc1cc(N2CC[C@](C)(c3ccccc3)C2)cn2nc(C(=O)N3CC(O)C3)nc12. The third-order valence-electron chi connectivity index (χ3n) is 6.25. The van der Waals surface area contributed by atoms with Crippen LogP contribution in [0, 0.1) is 6.92 Å². The maximum Gasteiger partial charge on any atom is 0.293 e. The van der Waals surface area contributed by atoms with Gasteiger partial charge in [-0.1, -0.05) is 51.1 Å². The highest BCUT2D eigenvalue weighted by Gasteiger charge is 2.36. The molecule has 7 heteroatoms. The van der Waals surface area contributed by atoms with E-state index in [4.69, 9.17) is 0 Å². The van der Waals surface area contributed by atoms with Gasteiger partial charge in [-0.15, -0.1) is 5.10 Å². The number of aromatic nitrogens is 3. The molecule has 1 aromatic carbocycles. The first-order valence-corrected chi connectivity index (χ1v) is 11.1. The second-order valence-corrected chi connectivity index (χ2v) is 8.55. The molecule has 2 aliphatic rings. The number of nitrogens with zero attached hydrogens (tertiary/aromatic N) is 5. The van der Waals surface area contributed by atoms with E-state index in [-0.39, 0.29) is 17.1 Å². The number of carbonyl (C=O) groups excluding carboxylic acids is 1. The summed E-state index contributed by atoms with van der Waals surface area (Å²) in [7, 11) is 0. The van der Waals surface area contributed by atoms with E-state index < -0.39 is 6.10 Å². The average Bonchev–Trinajstić information content (AvgIpc) is 3.38. The zero-order valence-electron chi connectivity index (χ0n) is 18.7. The van der Waals surface area contributed by atoms with E-state index in [1.54, 1.807) is 9.42 Å². The van der Waals surface area contributed by atoms with Crippen LogP contribution >= 0.6 is 0 Å². The Morgan fingerprint density at radius 2 is 1.90 bits per heavy atom. The first-order chi connectivity index (χ1) is 14.9. The Labute approximate surface area is 183 Å². The zero-order valence-corrected chi connectivity index (χ0v) is 18.7. The van der Waals surface area contributed by atoms with Crippen LogP contribution in [-0.2, 0) is 5.41 Å². The maximum atomic E-state index is 12.5. The van der Waals surface area contributed by atoms with Crippen LogP contribution in [0.15, 0.2) is 42.6 Å². The Morgan fingerprint density at radius 1 is 1.19 bits per heavy atom. The van der Waals surface area contributed by atoms with Crippen molar-refractivity contribution in [3.63, 3.8) is 0 Å². The summed E-state index contributed by atoms with van der Waals surface area (Å²) in [5, 5.41) is 13.9. The molecule has 1 atom stereocenters. The molecular formula is C24H31N5O2. The van der Waals surface area contributed by atoms with Crippen LogP contribution < -0.4 is 4.90 Å². The van der Waals surface area contributed by atoms with Crippen LogP contribution in [0.1, 0.15) is 48.9 Å². The van der Waals surface area contributed by atoms with Gasteiger partial charge in [0.15, 0.2) is 5.65 Å². The van der Waals surface area contributed by atoms with Crippen LogP contribution in [0.3, 0.4) is 0 Å². The molecule has 2 aromatic heterocycles. The quantitative estimate of drug-likeness (QED) is 0.704. The molecule has 0 aliphatic carbocycles. The van der Waals surface area contributed by atoms with Gasteiger partial charge >= 0.3 is 0 Å². The lowest BCUT2D eigenvalue weighted by molar-refractivity contribution is 0.00510. The van der Waals surface area contributed by atoms with Crippen molar-refractivity contribution in [3.05, 3.63) is 59.5 Å². The molecule has 0 spiro atoms. The standard InChI is InChI=1S/C22H25N5O2.C2H6/c1-15-10-17(25-9-8-22(2,14-25)16-6-4-3-5-7-16)11-27-20(15)23-19(24-27)21(29)26-12-18(28)13-26;1-2/h3-7,10-11,18,28H,8-9,12-14H2,1-2H3;1-2H3/t22-;/m0./s1. The molecule has 5 rings (SSSR count). The summed E-state index contributed by atoms with van der Waals surface area (Å²) in [5.41, 5.74) is 4.27. The molecular weight excluding hydrogens is 390 g/mol. The Bertz CT molecular complexity index is 1070. The molecule has 31 heavy (non-hydrogen) atoms. The summed E-state index contributed by atoms with van der Waals surface area (Å²) in [6.45, 7) is 10.9. The van der Waals surface area contributed by atoms with E-state index >= 15 is 0 Å². The molecule has 4 heterocycles. The van der Waals surface area contributed by atoms with Gasteiger partial charge in [0.05, 0.1) is 18.0 Å². The van der Waals surface area contributed by atoms with Crippen LogP contribution in [0.2, 0.25) is 0 Å². The minimum absolute atomic E-state index is 0.117. The number of β-amino-alcohol motifs (C(OH)–C–C–N with tert-alkyl or cyclic N) is 1. The van der Waals surface area contributed by atoms with Crippen molar-refractivity contribution in [2.24, 2.45) is 0 Å². The van der Waals surface area contributed by atoms with E-state index in [0.717, 1.165) is 30.8 Å². The number of anilines is 1. The molecule has 1 N–H and O–H groups in total. The zero-order chi connectivity index (χ0) is 22.2. The van der Waals surface area contributed by atoms with Gasteiger partial charge in [-0.2, -0.15) is 0 Å². The summed E-state index contributed by atoms with van der Waals surface area (Å²) >= 11 is 0. The summed E-state index contributed by atoms with van der Waals surface area (Å²) in [6, 6.07) is 12.8. The summed E-state index contributed by atoms with van der Waals surface area (Å²) < 4.78 is 1.71. The monoisotopic (exact) mass is 421 g/mol. The molecule has 2 saturated heterocycles. The topological polar surface area (TPSA) is 74.0 Å². The van der Waals surface area contributed by atoms with E-state index in [1.165, 1.54) is 5.56 Å². The van der Waals surface area contributed by atoms with Crippen molar-refractivity contribution in [3.8, 4) is 0 Å². The molecule has 164 valence electrons. The van der Waals surface area contributed by atoms with Crippen molar-refractivity contribution in [2.75, 3.05) is 31.1 Å². The van der Waals surface area contributed by atoms with E-state index in [9.17, 15) is 9.90 Å². The van der Waals surface area contributed by atoms with Crippen LogP contribution in [0.4, 0.5) is 5.69 Å². The Morgan fingerprint density at radius 3 is 2.58 bits per heavy atom. The number of aliphatic hydroxyl groups is 1. The molecule has 2 aliphatic heterocycles. The van der Waals surface area contributed by atoms with Gasteiger partial charge in [-0.05, 0) is 30.5 Å². The summed E-state index contributed by atoms with van der Waals surface area (Å²) in [5.74, 6) is -0.0366. The maximum absolute atomic E-state index is 12.5. The van der Waals surface area contributed by atoms with E-state index in [2.05, 4.69) is 58.3 Å². The minimum Gasteiger partial charge on any atom is -0.389 e. The number of carbonyl (C=O) groups is 1. The molecule has 0 unspecified atom stereocenters. The predicted molar refractivity (Wildman–Crippen MR) is 122 cm³/mol. The fourth-order valence-electron chi connectivity index (χ4n) is 4.41. The fraction of sp³-hybridized carbons (Fsp3) is 0.458.